The number of hydrogen-bond acceptors (Lipinski definition) is 3. The molecule has 2 N–H and O–H groups in total. The number of rotatable bonds is 3. The highest BCUT2D eigenvalue weighted by molar-refractivity contribution is 4.40. The van der Waals surface area contributed by atoms with Crippen molar-refractivity contribution >= 4 is 0 Å². The summed E-state index contributed by atoms with van der Waals surface area (Å²) in [6.07, 6.45) is 0.134. The van der Waals surface area contributed by atoms with Crippen molar-refractivity contribution in [1.29, 1.82) is 0 Å². The van der Waals surface area contributed by atoms with Gasteiger partial charge in [0.1, 0.15) is 0 Å². The molecule has 0 heterocycles. The van der Waals surface area contributed by atoms with Gasteiger partial charge in [0.2, 0.25) is 0 Å². The molecule has 0 aromatic carbocycles. The van der Waals surface area contributed by atoms with E-state index in [9.17, 15) is 0 Å². The molecule has 0 aliphatic rings. The van der Waals surface area contributed by atoms with Gasteiger partial charge in [-0.3, -0.25) is 0 Å². The topological polar surface area (TPSA) is 43.7 Å². The fourth-order valence-electron chi connectivity index (χ4n) is 0.187. The first-order chi connectivity index (χ1) is 5.04. The Morgan fingerprint density at radius 3 is 1.73 bits per heavy atom. The van der Waals surface area contributed by atoms with Crippen molar-refractivity contribution in [3.63, 3.8) is 0 Å². The van der Waals surface area contributed by atoms with Crippen LogP contribution in [0.5, 0.6) is 0 Å². The Bertz CT molecular complexity index is 65.1. The summed E-state index contributed by atoms with van der Waals surface area (Å²) in [5.74, 6) is 0. The molecule has 0 amide bonds. The third-order valence-electron chi connectivity index (χ3n) is 1.18. The molecule has 0 aliphatic heterocycles. The Balaban J connectivity index is 0. The highest BCUT2D eigenvalue weighted by atomic mass is 16.3. The summed E-state index contributed by atoms with van der Waals surface area (Å²) in [6.45, 7) is 4.99. The lowest BCUT2D eigenvalue weighted by atomic mass is 10.3. The van der Waals surface area contributed by atoms with Crippen LogP contribution in [0.1, 0.15) is 20.3 Å². The van der Waals surface area contributed by atoms with Crippen molar-refractivity contribution in [2.24, 2.45) is 0 Å². The summed E-state index contributed by atoms with van der Waals surface area (Å²) in [5, 5.41) is 16.5. The van der Waals surface area contributed by atoms with Gasteiger partial charge in [-0.05, 0) is 34.0 Å². The van der Waals surface area contributed by atoms with Crippen LogP contribution in [0.3, 0.4) is 0 Å². The van der Waals surface area contributed by atoms with Crippen LogP contribution < -0.4 is 0 Å². The molecule has 0 aromatic rings. The zero-order valence-electron chi connectivity index (χ0n) is 8.04. The van der Waals surface area contributed by atoms with E-state index in [1.165, 1.54) is 0 Å². The Morgan fingerprint density at radius 1 is 1.36 bits per heavy atom. The van der Waals surface area contributed by atoms with Gasteiger partial charge in [0.05, 0.1) is 6.10 Å². The zero-order chi connectivity index (χ0) is 9.28. The molecule has 0 aliphatic carbocycles. The predicted octanol–water partition coefficient (Wildman–Crippen LogP) is 0.317. The van der Waals surface area contributed by atoms with Crippen molar-refractivity contribution in [2.45, 2.75) is 26.4 Å². The average Bonchev–Trinajstić information content (AvgIpc) is 1.89. The third-order valence-corrected chi connectivity index (χ3v) is 1.18. The predicted molar refractivity (Wildman–Crippen MR) is 47.6 cm³/mol. The number of nitrogens with zero attached hydrogens (tertiary/aromatic N) is 1. The normalized spacial score (nSPS) is 12.3. The first kappa shape index (κ1) is 13.5. The standard InChI is InChI=1S/C4H11N.C4H10O2/c1-4-5(2)3;1-4(6)2-3-5/h4H2,1-3H3;4-6H,2-3H2,1H3. The van der Waals surface area contributed by atoms with E-state index in [-0.39, 0.29) is 12.7 Å². The molecule has 0 bridgehead atoms. The number of hydrogen-bond donors (Lipinski definition) is 2. The van der Waals surface area contributed by atoms with Gasteiger partial charge < -0.3 is 15.1 Å². The molecule has 0 aromatic heterocycles. The molecule has 0 radical (unpaired) electrons. The highest BCUT2D eigenvalue weighted by Gasteiger charge is 1.88. The Morgan fingerprint density at radius 2 is 1.73 bits per heavy atom. The van der Waals surface area contributed by atoms with Gasteiger partial charge in [0.15, 0.2) is 0 Å². The van der Waals surface area contributed by atoms with E-state index in [4.69, 9.17) is 10.2 Å². The molecule has 0 rings (SSSR count). The van der Waals surface area contributed by atoms with Crippen LogP contribution in [-0.2, 0) is 0 Å². The summed E-state index contributed by atoms with van der Waals surface area (Å²) in [5.41, 5.74) is 0. The smallest absolute Gasteiger partial charge is 0.0533 e. The maximum Gasteiger partial charge on any atom is 0.0533 e. The molecule has 3 nitrogen and oxygen atoms in total. The second kappa shape index (κ2) is 9.88. The Labute approximate surface area is 69.6 Å². The minimum absolute atomic E-state index is 0.0810. The van der Waals surface area contributed by atoms with Gasteiger partial charge in [-0.25, -0.2) is 0 Å². The molecule has 70 valence electrons. The Hall–Kier alpha value is -0.120. The summed E-state index contributed by atoms with van der Waals surface area (Å²) < 4.78 is 0. The highest BCUT2D eigenvalue weighted by Crippen LogP contribution is 1.83. The van der Waals surface area contributed by atoms with E-state index in [2.05, 4.69) is 25.9 Å². The lowest BCUT2D eigenvalue weighted by molar-refractivity contribution is 0.148. The monoisotopic (exact) mass is 163 g/mol. The van der Waals surface area contributed by atoms with E-state index >= 15 is 0 Å². The lowest BCUT2D eigenvalue weighted by Crippen LogP contribution is -2.08. The van der Waals surface area contributed by atoms with Gasteiger partial charge >= 0.3 is 0 Å². The van der Waals surface area contributed by atoms with Crippen LogP contribution in [-0.4, -0.2) is 48.5 Å². The first-order valence-electron chi connectivity index (χ1n) is 3.98. The molecule has 3 heteroatoms. The van der Waals surface area contributed by atoms with Gasteiger partial charge in [0.25, 0.3) is 0 Å². The van der Waals surface area contributed by atoms with Crippen LogP contribution in [0.15, 0.2) is 0 Å². The molecule has 11 heavy (non-hydrogen) atoms. The van der Waals surface area contributed by atoms with Gasteiger partial charge in [-0.2, -0.15) is 0 Å². The summed E-state index contributed by atoms with van der Waals surface area (Å²) in [6, 6.07) is 0. The van der Waals surface area contributed by atoms with Crippen molar-refractivity contribution in [3.05, 3.63) is 0 Å². The van der Waals surface area contributed by atoms with Crippen molar-refractivity contribution in [3.8, 4) is 0 Å². The van der Waals surface area contributed by atoms with E-state index in [1.807, 2.05) is 0 Å². The Kier molecular flexibility index (Phi) is 12.1. The summed E-state index contributed by atoms with van der Waals surface area (Å²) in [7, 11) is 4.11. The minimum Gasteiger partial charge on any atom is -0.396 e. The van der Waals surface area contributed by atoms with Crippen molar-refractivity contribution < 1.29 is 10.2 Å². The average molecular weight is 163 g/mol. The molecule has 1 atom stereocenters. The van der Waals surface area contributed by atoms with E-state index in [1.54, 1.807) is 6.92 Å². The van der Waals surface area contributed by atoms with E-state index in [0.29, 0.717) is 6.42 Å². The minimum atomic E-state index is -0.352. The van der Waals surface area contributed by atoms with Crippen LogP contribution in [0.2, 0.25) is 0 Å². The van der Waals surface area contributed by atoms with Gasteiger partial charge in [-0.1, -0.05) is 6.92 Å². The quantitative estimate of drug-likeness (QED) is 0.629. The molecular formula is C8H21NO2. The second-order valence-electron chi connectivity index (χ2n) is 2.76. The van der Waals surface area contributed by atoms with Gasteiger partial charge in [-0.15, -0.1) is 0 Å². The van der Waals surface area contributed by atoms with Crippen molar-refractivity contribution in [1.82, 2.24) is 4.90 Å². The number of aliphatic hydroxyl groups excluding tert-OH is 2. The largest absolute Gasteiger partial charge is 0.396 e. The maximum absolute atomic E-state index is 8.39. The second-order valence-corrected chi connectivity index (χ2v) is 2.76. The number of aliphatic hydroxyl groups is 2. The fourth-order valence-corrected chi connectivity index (χ4v) is 0.187. The SMILES string of the molecule is CC(O)CCO.CCN(C)C. The summed E-state index contributed by atoms with van der Waals surface area (Å²) in [4.78, 5) is 2.12. The molecule has 0 saturated heterocycles. The van der Waals surface area contributed by atoms with Crippen LogP contribution >= 0.6 is 0 Å². The van der Waals surface area contributed by atoms with E-state index < -0.39 is 0 Å². The van der Waals surface area contributed by atoms with Crippen molar-refractivity contribution in [2.75, 3.05) is 27.2 Å². The molecule has 1 unspecified atom stereocenters. The van der Waals surface area contributed by atoms with E-state index in [0.717, 1.165) is 6.54 Å². The zero-order valence-corrected chi connectivity index (χ0v) is 8.04. The third kappa shape index (κ3) is 25.8. The molecule has 0 spiro atoms. The molecule has 0 saturated carbocycles. The molecule has 0 fully saturated rings. The van der Waals surface area contributed by atoms with Crippen LogP contribution in [0.4, 0.5) is 0 Å². The van der Waals surface area contributed by atoms with Gasteiger partial charge in [0, 0.05) is 6.61 Å². The lowest BCUT2D eigenvalue weighted by Gasteiger charge is -2.00. The fraction of sp³-hybridized carbons (Fsp3) is 1.00. The summed E-state index contributed by atoms with van der Waals surface area (Å²) >= 11 is 0. The molecular weight excluding hydrogens is 142 g/mol. The first-order valence-corrected chi connectivity index (χ1v) is 3.98. The van der Waals surface area contributed by atoms with Crippen LogP contribution in [0.25, 0.3) is 0 Å². The maximum atomic E-state index is 8.39. The van der Waals surface area contributed by atoms with Crippen LogP contribution in [0, 0.1) is 0 Å².